The molecule has 2 aliphatic heterocycles. The largest absolute Gasteiger partial charge is 0.361 e. The predicted octanol–water partition coefficient (Wildman–Crippen LogP) is 1.47. The van der Waals surface area contributed by atoms with Gasteiger partial charge in [-0.15, -0.1) is 12.4 Å². The van der Waals surface area contributed by atoms with Crippen molar-refractivity contribution in [3.05, 3.63) is 0 Å². The summed E-state index contributed by atoms with van der Waals surface area (Å²) in [5.41, 5.74) is 0.176. The third kappa shape index (κ3) is 3.59. The molecule has 2 saturated heterocycles. The van der Waals surface area contributed by atoms with Crippen molar-refractivity contribution in [3.8, 4) is 0 Å². The molecule has 1 N–H and O–H groups in total. The molecule has 0 radical (unpaired) electrons. The van der Waals surface area contributed by atoms with Crippen molar-refractivity contribution in [2.75, 3.05) is 26.7 Å². The molecule has 3 nitrogen and oxygen atoms in total. The number of ether oxygens (including phenoxy) is 1. The van der Waals surface area contributed by atoms with Gasteiger partial charge in [-0.3, -0.25) is 5.32 Å². The molecule has 2 heterocycles. The molecule has 2 unspecified atom stereocenters. The molecule has 2 atom stereocenters. The molecule has 0 amide bonds. The molecule has 0 saturated carbocycles. The second-order valence-electron chi connectivity index (χ2n) is 5.48. The maximum atomic E-state index is 5.74. The molecule has 0 aliphatic carbocycles. The molecule has 0 bridgehead atoms. The lowest BCUT2D eigenvalue weighted by atomic mass is 10.0. The molecule has 4 heteroatoms. The molecule has 2 aliphatic rings. The van der Waals surface area contributed by atoms with Crippen LogP contribution in [0.1, 0.15) is 26.7 Å². The molecular formula is C11H23ClN2O. The van der Waals surface area contributed by atoms with Gasteiger partial charge < -0.3 is 9.64 Å². The first-order valence-corrected chi connectivity index (χ1v) is 5.63. The molecule has 0 aromatic heterocycles. The summed E-state index contributed by atoms with van der Waals surface area (Å²) in [5.74, 6) is 0.825. The molecule has 2 fully saturated rings. The molecule has 90 valence electrons. The first kappa shape index (κ1) is 13.2. The molecular weight excluding hydrogens is 212 g/mol. The van der Waals surface area contributed by atoms with E-state index in [9.17, 15) is 0 Å². The lowest BCUT2D eigenvalue weighted by Crippen LogP contribution is -2.39. The Balaban J connectivity index is 0.00000112. The number of likely N-dealkylation sites (tertiary alicyclic amines) is 1. The van der Waals surface area contributed by atoms with E-state index in [2.05, 4.69) is 31.1 Å². The van der Waals surface area contributed by atoms with Gasteiger partial charge in [0.1, 0.15) is 6.23 Å². The molecule has 2 rings (SSSR count). The van der Waals surface area contributed by atoms with Gasteiger partial charge in [-0.1, -0.05) is 0 Å². The van der Waals surface area contributed by atoms with Gasteiger partial charge in [0.25, 0.3) is 0 Å². The number of hydrogen-bond donors (Lipinski definition) is 1. The summed E-state index contributed by atoms with van der Waals surface area (Å²) < 4.78 is 5.74. The number of halogens is 1. The Kier molecular flexibility index (Phi) is 4.41. The van der Waals surface area contributed by atoms with Gasteiger partial charge in [-0.2, -0.15) is 0 Å². The number of rotatable bonds is 2. The third-order valence-electron chi connectivity index (χ3n) is 3.23. The summed E-state index contributed by atoms with van der Waals surface area (Å²) in [4.78, 5) is 2.41. The van der Waals surface area contributed by atoms with Gasteiger partial charge in [0.2, 0.25) is 0 Å². The van der Waals surface area contributed by atoms with Crippen molar-refractivity contribution in [1.82, 2.24) is 10.2 Å². The highest BCUT2D eigenvalue weighted by Crippen LogP contribution is 2.24. The first-order chi connectivity index (χ1) is 6.55. The number of hydrogen-bond acceptors (Lipinski definition) is 3. The van der Waals surface area contributed by atoms with E-state index in [1.807, 2.05) is 0 Å². The number of nitrogens with zero attached hydrogens (tertiary/aromatic N) is 1. The van der Waals surface area contributed by atoms with Gasteiger partial charge in [-0.25, -0.2) is 0 Å². The van der Waals surface area contributed by atoms with Gasteiger partial charge in [0.15, 0.2) is 0 Å². The van der Waals surface area contributed by atoms with Gasteiger partial charge in [0, 0.05) is 12.1 Å². The van der Waals surface area contributed by atoms with Gasteiger partial charge >= 0.3 is 0 Å². The highest BCUT2D eigenvalue weighted by Gasteiger charge is 2.33. The maximum absolute atomic E-state index is 5.74. The third-order valence-corrected chi connectivity index (χ3v) is 3.23. The van der Waals surface area contributed by atoms with E-state index in [1.165, 1.54) is 25.9 Å². The SMILES string of the molecule is CN1CCC(CC2NC(C)(C)CO2)C1.Cl. The summed E-state index contributed by atoms with van der Waals surface area (Å²) in [5, 5.41) is 3.53. The van der Waals surface area contributed by atoms with Crippen LogP contribution in [0.25, 0.3) is 0 Å². The lowest BCUT2D eigenvalue weighted by molar-refractivity contribution is 0.0788. The summed E-state index contributed by atoms with van der Waals surface area (Å²) in [6, 6.07) is 0. The highest BCUT2D eigenvalue weighted by atomic mass is 35.5. The zero-order valence-electron chi connectivity index (χ0n) is 9.95. The Morgan fingerprint density at radius 3 is 2.67 bits per heavy atom. The van der Waals surface area contributed by atoms with Crippen molar-refractivity contribution < 1.29 is 4.74 Å². The molecule has 0 aromatic rings. The van der Waals surface area contributed by atoms with Crippen molar-refractivity contribution >= 4 is 12.4 Å². The van der Waals surface area contributed by atoms with E-state index >= 15 is 0 Å². The van der Waals surface area contributed by atoms with E-state index in [1.54, 1.807) is 0 Å². The zero-order chi connectivity index (χ0) is 10.2. The Morgan fingerprint density at radius 2 is 2.20 bits per heavy atom. The van der Waals surface area contributed by atoms with Crippen molar-refractivity contribution in [2.45, 2.75) is 38.5 Å². The van der Waals surface area contributed by atoms with Crippen LogP contribution in [0.2, 0.25) is 0 Å². The van der Waals surface area contributed by atoms with Crippen molar-refractivity contribution in [3.63, 3.8) is 0 Å². The molecule has 0 spiro atoms. The lowest BCUT2D eigenvalue weighted by Gasteiger charge is -2.19. The van der Waals surface area contributed by atoms with E-state index in [4.69, 9.17) is 4.74 Å². The average Bonchev–Trinajstić information content (AvgIpc) is 2.59. The standard InChI is InChI=1S/C11H22N2O.ClH/c1-11(2)8-14-10(12-11)6-9-4-5-13(3)7-9;/h9-10,12H,4-8H2,1-3H3;1H. The fourth-order valence-electron chi connectivity index (χ4n) is 2.48. The van der Waals surface area contributed by atoms with Crippen LogP contribution in [0.5, 0.6) is 0 Å². The minimum absolute atomic E-state index is 0. The van der Waals surface area contributed by atoms with Crippen LogP contribution in [0.15, 0.2) is 0 Å². The Bertz CT molecular complexity index is 211. The van der Waals surface area contributed by atoms with Crippen LogP contribution in [0, 0.1) is 5.92 Å². The van der Waals surface area contributed by atoms with Crippen LogP contribution in [-0.4, -0.2) is 43.4 Å². The van der Waals surface area contributed by atoms with E-state index in [0.717, 1.165) is 12.5 Å². The predicted molar refractivity (Wildman–Crippen MR) is 64.4 cm³/mol. The van der Waals surface area contributed by atoms with Crippen LogP contribution in [0.4, 0.5) is 0 Å². The quantitative estimate of drug-likeness (QED) is 0.784. The average molecular weight is 235 g/mol. The van der Waals surface area contributed by atoms with Gasteiger partial charge in [0.05, 0.1) is 6.61 Å². The minimum Gasteiger partial charge on any atom is -0.361 e. The Labute approximate surface area is 99.0 Å². The summed E-state index contributed by atoms with van der Waals surface area (Å²) >= 11 is 0. The topological polar surface area (TPSA) is 24.5 Å². The van der Waals surface area contributed by atoms with Crippen LogP contribution in [0.3, 0.4) is 0 Å². The number of nitrogens with one attached hydrogen (secondary N) is 1. The van der Waals surface area contributed by atoms with Crippen LogP contribution < -0.4 is 5.32 Å². The normalized spacial score (nSPS) is 35.4. The zero-order valence-corrected chi connectivity index (χ0v) is 10.8. The van der Waals surface area contributed by atoms with E-state index in [-0.39, 0.29) is 17.9 Å². The fraction of sp³-hybridized carbons (Fsp3) is 1.00. The summed E-state index contributed by atoms with van der Waals surface area (Å²) in [6.07, 6.45) is 2.80. The van der Waals surface area contributed by atoms with Crippen molar-refractivity contribution in [2.24, 2.45) is 5.92 Å². The summed E-state index contributed by atoms with van der Waals surface area (Å²) in [7, 11) is 2.20. The summed E-state index contributed by atoms with van der Waals surface area (Å²) in [6.45, 7) is 7.74. The van der Waals surface area contributed by atoms with Crippen LogP contribution >= 0.6 is 12.4 Å². The molecule has 0 aromatic carbocycles. The second kappa shape index (κ2) is 5.00. The van der Waals surface area contributed by atoms with E-state index in [0.29, 0.717) is 6.23 Å². The fourth-order valence-corrected chi connectivity index (χ4v) is 2.48. The van der Waals surface area contributed by atoms with Crippen LogP contribution in [-0.2, 0) is 4.74 Å². The Hall–Kier alpha value is 0.170. The molecule has 15 heavy (non-hydrogen) atoms. The van der Waals surface area contributed by atoms with E-state index < -0.39 is 0 Å². The smallest absolute Gasteiger partial charge is 0.109 e. The van der Waals surface area contributed by atoms with Crippen molar-refractivity contribution in [1.29, 1.82) is 0 Å². The minimum atomic E-state index is 0. The maximum Gasteiger partial charge on any atom is 0.109 e. The second-order valence-corrected chi connectivity index (χ2v) is 5.48. The highest BCUT2D eigenvalue weighted by molar-refractivity contribution is 5.85. The first-order valence-electron chi connectivity index (χ1n) is 5.63. The Morgan fingerprint density at radius 1 is 1.47 bits per heavy atom. The monoisotopic (exact) mass is 234 g/mol. The van der Waals surface area contributed by atoms with Gasteiger partial charge in [-0.05, 0) is 46.2 Å².